The molecule has 3 aromatic carbocycles. The molecule has 1 atom stereocenters. The van der Waals surface area contributed by atoms with Gasteiger partial charge in [-0.25, -0.2) is 9.59 Å². The zero-order valence-corrected chi connectivity index (χ0v) is 18.8. The van der Waals surface area contributed by atoms with Gasteiger partial charge in [0.25, 0.3) is 5.91 Å². The molecule has 178 valence electrons. The van der Waals surface area contributed by atoms with Crippen LogP contribution in [0.5, 0.6) is 0 Å². The molecule has 0 radical (unpaired) electrons. The van der Waals surface area contributed by atoms with E-state index in [2.05, 4.69) is 29.6 Å². The van der Waals surface area contributed by atoms with E-state index in [9.17, 15) is 14.4 Å². The number of carbonyl (C=O) groups excluding carboxylic acids is 2. The molecule has 1 heterocycles. The highest BCUT2D eigenvalue weighted by molar-refractivity contribution is 5.96. The quantitative estimate of drug-likeness (QED) is 0.582. The van der Waals surface area contributed by atoms with Crippen molar-refractivity contribution in [1.29, 1.82) is 0 Å². The van der Waals surface area contributed by atoms with Crippen LogP contribution in [0, 0.1) is 0 Å². The Kier molecular flexibility index (Phi) is 6.20. The first-order chi connectivity index (χ1) is 17.0. The fourth-order valence-corrected chi connectivity index (χ4v) is 4.65. The summed E-state index contributed by atoms with van der Waals surface area (Å²) >= 11 is 0. The van der Waals surface area contributed by atoms with Gasteiger partial charge in [0.15, 0.2) is 6.10 Å². The highest BCUT2D eigenvalue weighted by Gasteiger charge is 2.30. The fourth-order valence-electron chi connectivity index (χ4n) is 4.65. The van der Waals surface area contributed by atoms with E-state index in [1.54, 1.807) is 24.3 Å². The van der Waals surface area contributed by atoms with Crippen molar-refractivity contribution in [2.75, 3.05) is 31.6 Å². The SMILES string of the molecule is O=C(Nc1cccc(C(=O)N2CCOC(C(=O)O)C2)c1)OCC1c2ccccc2-c2ccccc21. The zero-order chi connectivity index (χ0) is 24.4. The van der Waals surface area contributed by atoms with Gasteiger partial charge >= 0.3 is 12.1 Å². The average Bonchev–Trinajstić information content (AvgIpc) is 3.21. The number of benzene rings is 3. The number of aliphatic carboxylic acids is 1. The lowest BCUT2D eigenvalue weighted by atomic mass is 9.98. The summed E-state index contributed by atoms with van der Waals surface area (Å²) in [4.78, 5) is 38.1. The predicted molar refractivity (Wildman–Crippen MR) is 128 cm³/mol. The van der Waals surface area contributed by atoms with Crippen LogP contribution < -0.4 is 5.32 Å². The maximum atomic E-state index is 12.9. The number of nitrogens with zero attached hydrogens (tertiary/aromatic N) is 1. The van der Waals surface area contributed by atoms with E-state index in [4.69, 9.17) is 14.6 Å². The van der Waals surface area contributed by atoms with E-state index < -0.39 is 18.2 Å². The fraction of sp³-hybridized carbons (Fsp3) is 0.222. The van der Waals surface area contributed by atoms with E-state index >= 15 is 0 Å². The third-order valence-corrected chi connectivity index (χ3v) is 6.33. The first kappa shape index (κ1) is 22.6. The molecule has 3 aromatic rings. The third-order valence-electron chi connectivity index (χ3n) is 6.33. The highest BCUT2D eigenvalue weighted by Crippen LogP contribution is 2.44. The number of rotatable bonds is 5. The molecule has 8 nitrogen and oxygen atoms in total. The standard InChI is InChI=1S/C27H24N2O6/c30-25(29-12-13-34-24(15-29)26(31)32)17-6-5-7-18(14-17)28-27(33)35-16-23-21-10-3-1-8-19(21)20-9-2-4-11-22(20)23/h1-11,14,23-24H,12-13,15-16H2,(H,28,33)(H,31,32). The van der Waals surface area contributed by atoms with Gasteiger partial charge < -0.3 is 19.5 Å². The lowest BCUT2D eigenvalue weighted by Gasteiger charge is -2.31. The van der Waals surface area contributed by atoms with Crippen LogP contribution in [0.4, 0.5) is 10.5 Å². The number of morpholine rings is 1. The molecular formula is C27H24N2O6. The van der Waals surface area contributed by atoms with Crippen molar-refractivity contribution in [2.24, 2.45) is 0 Å². The molecule has 35 heavy (non-hydrogen) atoms. The number of ether oxygens (including phenoxy) is 2. The van der Waals surface area contributed by atoms with Crippen molar-refractivity contribution in [2.45, 2.75) is 12.0 Å². The van der Waals surface area contributed by atoms with E-state index in [0.29, 0.717) is 17.8 Å². The molecule has 2 aliphatic rings. The molecular weight excluding hydrogens is 448 g/mol. The highest BCUT2D eigenvalue weighted by atomic mass is 16.5. The smallest absolute Gasteiger partial charge is 0.411 e. The molecule has 1 aliphatic heterocycles. The number of carboxylic acid groups (broad SMARTS) is 1. The number of anilines is 1. The van der Waals surface area contributed by atoms with Crippen LogP contribution in [0.2, 0.25) is 0 Å². The van der Waals surface area contributed by atoms with Crippen LogP contribution in [0.25, 0.3) is 11.1 Å². The normalized spacial score (nSPS) is 16.8. The van der Waals surface area contributed by atoms with Crippen LogP contribution in [0.1, 0.15) is 27.4 Å². The van der Waals surface area contributed by atoms with Gasteiger partial charge in [0, 0.05) is 23.7 Å². The Morgan fingerprint density at radius 2 is 1.66 bits per heavy atom. The number of carbonyl (C=O) groups is 3. The van der Waals surface area contributed by atoms with Crippen molar-refractivity contribution >= 4 is 23.7 Å². The summed E-state index contributed by atoms with van der Waals surface area (Å²) in [6.07, 6.45) is -1.66. The van der Waals surface area contributed by atoms with Gasteiger partial charge in [-0.15, -0.1) is 0 Å². The topological polar surface area (TPSA) is 105 Å². The van der Waals surface area contributed by atoms with Gasteiger partial charge in [-0.1, -0.05) is 54.6 Å². The van der Waals surface area contributed by atoms with Crippen molar-refractivity contribution in [3.05, 3.63) is 89.5 Å². The van der Waals surface area contributed by atoms with E-state index in [1.807, 2.05) is 24.3 Å². The molecule has 0 saturated carbocycles. The van der Waals surface area contributed by atoms with Crippen LogP contribution >= 0.6 is 0 Å². The molecule has 5 rings (SSSR count). The number of fused-ring (bicyclic) bond motifs is 3. The largest absolute Gasteiger partial charge is 0.479 e. The number of amides is 2. The van der Waals surface area contributed by atoms with Gasteiger partial charge in [0.1, 0.15) is 6.61 Å². The monoisotopic (exact) mass is 472 g/mol. The molecule has 2 amide bonds. The summed E-state index contributed by atoms with van der Waals surface area (Å²) in [5, 5.41) is 11.9. The van der Waals surface area contributed by atoms with Gasteiger partial charge in [0.2, 0.25) is 0 Å². The van der Waals surface area contributed by atoms with Crippen molar-refractivity contribution in [3.63, 3.8) is 0 Å². The number of hydrogen-bond donors (Lipinski definition) is 2. The Balaban J connectivity index is 1.23. The minimum absolute atomic E-state index is 0.0296. The Morgan fingerprint density at radius 1 is 0.971 bits per heavy atom. The maximum absolute atomic E-state index is 12.9. The average molecular weight is 472 g/mol. The third kappa shape index (κ3) is 4.61. The molecule has 1 unspecified atom stereocenters. The molecule has 2 N–H and O–H groups in total. The minimum atomic E-state index is -1.10. The molecule has 0 spiro atoms. The molecule has 1 saturated heterocycles. The summed E-state index contributed by atoms with van der Waals surface area (Å²) in [6.45, 7) is 0.605. The Morgan fingerprint density at radius 3 is 2.34 bits per heavy atom. The van der Waals surface area contributed by atoms with Crippen LogP contribution in [0.15, 0.2) is 72.8 Å². The Bertz CT molecular complexity index is 1240. The number of hydrogen-bond acceptors (Lipinski definition) is 5. The Labute approximate surface area is 202 Å². The van der Waals surface area contributed by atoms with Gasteiger partial charge in [-0.2, -0.15) is 0 Å². The van der Waals surface area contributed by atoms with Crippen LogP contribution in [-0.2, 0) is 14.3 Å². The first-order valence-electron chi connectivity index (χ1n) is 11.4. The minimum Gasteiger partial charge on any atom is -0.479 e. The second kappa shape index (κ2) is 9.60. The summed E-state index contributed by atoms with van der Waals surface area (Å²) in [5.74, 6) is -1.48. The maximum Gasteiger partial charge on any atom is 0.411 e. The van der Waals surface area contributed by atoms with E-state index in [-0.39, 0.29) is 31.6 Å². The second-order valence-corrected chi connectivity index (χ2v) is 8.48. The van der Waals surface area contributed by atoms with Crippen molar-refractivity contribution in [3.8, 4) is 11.1 Å². The molecule has 1 fully saturated rings. The van der Waals surface area contributed by atoms with Gasteiger partial charge in [-0.05, 0) is 40.5 Å². The zero-order valence-electron chi connectivity index (χ0n) is 18.8. The van der Waals surface area contributed by atoms with Gasteiger partial charge in [-0.3, -0.25) is 10.1 Å². The summed E-state index contributed by atoms with van der Waals surface area (Å²) in [5.41, 5.74) is 5.30. The predicted octanol–water partition coefficient (Wildman–Crippen LogP) is 3.97. The molecule has 0 aromatic heterocycles. The lowest BCUT2D eigenvalue weighted by molar-refractivity contribution is -0.154. The van der Waals surface area contributed by atoms with Crippen LogP contribution in [-0.4, -0.2) is 60.4 Å². The van der Waals surface area contributed by atoms with E-state index in [1.165, 1.54) is 4.90 Å². The summed E-state index contributed by atoms with van der Waals surface area (Å²) in [6, 6.07) is 22.7. The summed E-state index contributed by atoms with van der Waals surface area (Å²) in [7, 11) is 0. The first-order valence-corrected chi connectivity index (χ1v) is 11.4. The molecule has 0 bridgehead atoms. The Hall–Kier alpha value is -4.17. The van der Waals surface area contributed by atoms with Crippen molar-refractivity contribution in [1.82, 2.24) is 4.90 Å². The number of nitrogens with one attached hydrogen (secondary N) is 1. The van der Waals surface area contributed by atoms with Crippen molar-refractivity contribution < 1.29 is 29.0 Å². The number of carboxylic acids is 1. The molecule has 8 heteroatoms. The second-order valence-electron chi connectivity index (χ2n) is 8.48. The lowest BCUT2D eigenvalue weighted by Crippen LogP contribution is -2.48. The molecule has 1 aliphatic carbocycles. The van der Waals surface area contributed by atoms with E-state index in [0.717, 1.165) is 22.3 Å². The summed E-state index contributed by atoms with van der Waals surface area (Å²) < 4.78 is 10.8. The van der Waals surface area contributed by atoms with Crippen LogP contribution in [0.3, 0.4) is 0 Å². The van der Waals surface area contributed by atoms with Gasteiger partial charge in [0.05, 0.1) is 13.2 Å².